The van der Waals surface area contributed by atoms with Gasteiger partial charge in [0.05, 0.1) is 17.1 Å². The van der Waals surface area contributed by atoms with Crippen LogP contribution in [0.15, 0.2) is 18.2 Å². The second-order valence-corrected chi connectivity index (χ2v) is 5.59. The van der Waals surface area contributed by atoms with E-state index in [4.69, 9.17) is 0 Å². The molecule has 0 saturated heterocycles. The van der Waals surface area contributed by atoms with Gasteiger partial charge >= 0.3 is 0 Å². The first-order chi connectivity index (χ1) is 9.91. The normalized spacial score (nSPS) is 21.9. The summed E-state index contributed by atoms with van der Waals surface area (Å²) < 4.78 is 0. The van der Waals surface area contributed by atoms with E-state index in [-0.39, 0.29) is 17.6 Å². The van der Waals surface area contributed by atoms with E-state index in [1.54, 1.807) is 18.9 Å². The van der Waals surface area contributed by atoms with Crippen LogP contribution in [-0.4, -0.2) is 40.0 Å². The molecule has 6 heteroatoms. The second kappa shape index (κ2) is 6.22. The summed E-state index contributed by atoms with van der Waals surface area (Å²) in [5.74, 6) is -0.201. The smallest absolute Gasteiger partial charge is 0.269 e. The summed E-state index contributed by atoms with van der Waals surface area (Å²) in [6.45, 7) is 1.69. The summed E-state index contributed by atoms with van der Waals surface area (Å²) in [5, 5.41) is 20.8. The summed E-state index contributed by atoms with van der Waals surface area (Å²) in [5.41, 5.74) is 0.997. The SMILES string of the molecule is Cc1cc([N+](=O)[O-])ccc1C(=O)N(C)C1CCCCC1O. The van der Waals surface area contributed by atoms with E-state index in [0.717, 1.165) is 19.3 Å². The van der Waals surface area contributed by atoms with Crippen LogP contribution in [0.25, 0.3) is 0 Å². The van der Waals surface area contributed by atoms with E-state index in [2.05, 4.69) is 0 Å². The second-order valence-electron chi connectivity index (χ2n) is 5.59. The molecular formula is C15H20N2O4. The molecule has 2 unspecified atom stereocenters. The van der Waals surface area contributed by atoms with E-state index in [0.29, 0.717) is 17.5 Å². The maximum absolute atomic E-state index is 12.5. The molecule has 1 amide bonds. The third kappa shape index (κ3) is 3.21. The van der Waals surface area contributed by atoms with E-state index < -0.39 is 11.0 Å². The summed E-state index contributed by atoms with van der Waals surface area (Å²) in [4.78, 5) is 24.4. The molecule has 2 rings (SSSR count). The Labute approximate surface area is 123 Å². The van der Waals surface area contributed by atoms with Crippen molar-refractivity contribution in [2.45, 2.75) is 44.8 Å². The molecule has 1 aromatic rings. The Morgan fingerprint density at radius 2 is 2.05 bits per heavy atom. The van der Waals surface area contributed by atoms with Gasteiger partial charge in [-0.15, -0.1) is 0 Å². The Morgan fingerprint density at radius 1 is 1.38 bits per heavy atom. The quantitative estimate of drug-likeness (QED) is 0.684. The Hall–Kier alpha value is -1.95. The maximum atomic E-state index is 12.5. The number of hydrogen-bond acceptors (Lipinski definition) is 4. The Balaban J connectivity index is 2.21. The number of carbonyl (C=O) groups is 1. The lowest BCUT2D eigenvalue weighted by Gasteiger charge is -2.35. The first kappa shape index (κ1) is 15.4. The van der Waals surface area contributed by atoms with Gasteiger partial charge < -0.3 is 10.0 Å². The number of aryl methyl sites for hydroxylation is 1. The zero-order valence-electron chi connectivity index (χ0n) is 12.3. The minimum absolute atomic E-state index is 0.0237. The number of hydrogen-bond donors (Lipinski definition) is 1. The van der Waals surface area contributed by atoms with Crippen molar-refractivity contribution in [3.05, 3.63) is 39.4 Å². The van der Waals surface area contributed by atoms with Crippen molar-refractivity contribution in [3.8, 4) is 0 Å². The highest BCUT2D eigenvalue weighted by Gasteiger charge is 2.30. The molecule has 0 radical (unpaired) electrons. The van der Waals surface area contributed by atoms with Crippen LogP contribution in [0.3, 0.4) is 0 Å². The average Bonchev–Trinajstić information content (AvgIpc) is 2.46. The fourth-order valence-corrected chi connectivity index (χ4v) is 2.89. The van der Waals surface area contributed by atoms with Gasteiger partial charge in [-0.1, -0.05) is 12.8 Å². The van der Waals surface area contributed by atoms with E-state index in [1.165, 1.54) is 18.2 Å². The molecule has 114 valence electrons. The van der Waals surface area contributed by atoms with Crippen molar-refractivity contribution in [2.24, 2.45) is 0 Å². The van der Waals surface area contributed by atoms with Gasteiger partial charge in [0.1, 0.15) is 0 Å². The lowest BCUT2D eigenvalue weighted by molar-refractivity contribution is -0.384. The molecule has 1 saturated carbocycles. The molecule has 1 N–H and O–H groups in total. The van der Waals surface area contributed by atoms with Crippen LogP contribution in [0.5, 0.6) is 0 Å². The predicted octanol–water partition coefficient (Wildman–Crippen LogP) is 2.28. The van der Waals surface area contributed by atoms with Crippen molar-refractivity contribution in [3.63, 3.8) is 0 Å². The van der Waals surface area contributed by atoms with Crippen LogP contribution in [0.4, 0.5) is 5.69 Å². The van der Waals surface area contributed by atoms with Gasteiger partial charge in [0.2, 0.25) is 0 Å². The van der Waals surface area contributed by atoms with E-state index >= 15 is 0 Å². The third-order valence-corrected chi connectivity index (χ3v) is 4.16. The highest BCUT2D eigenvalue weighted by molar-refractivity contribution is 5.96. The monoisotopic (exact) mass is 292 g/mol. The topological polar surface area (TPSA) is 83.7 Å². The van der Waals surface area contributed by atoms with Crippen LogP contribution < -0.4 is 0 Å². The number of non-ortho nitro benzene ring substituents is 1. The number of likely N-dealkylation sites (N-methyl/N-ethyl adjacent to an activating group) is 1. The number of aliphatic hydroxyl groups is 1. The highest BCUT2D eigenvalue weighted by Crippen LogP contribution is 2.25. The Bertz CT molecular complexity index is 559. The number of nitro groups is 1. The molecule has 0 bridgehead atoms. The van der Waals surface area contributed by atoms with Crippen LogP contribution in [0.2, 0.25) is 0 Å². The molecule has 21 heavy (non-hydrogen) atoms. The molecule has 1 fully saturated rings. The standard InChI is InChI=1S/C15H20N2O4/c1-10-9-11(17(20)21)7-8-12(10)15(19)16(2)13-5-3-4-6-14(13)18/h7-9,13-14,18H,3-6H2,1-2H3. The molecule has 2 atom stereocenters. The number of aliphatic hydroxyl groups excluding tert-OH is 1. The van der Waals surface area contributed by atoms with Crippen molar-refractivity contribution < 1.29 is 14.8 Å². The first-order valence-corrected chi connectivity index (χ1v) is 7.12. The summed E-state index contributed by atoms with van der Waals surface area (Å²) in [6, 6.07) is 4.05. The molecule has 1 aliphatic rings. The van der Waals surface area contributed by atoms with Crippen LogP contribution in [0.1, 0.15) is 41.6 Å². The van der Waals surface area contributed by atoms with Crippen LogP contribution in [-0.2, 0) is 0 Å². The van der Waals surface area contributed by atoms with Crippen LogP contribution >= 0.6 is 0 Å². The summed E-state index contributed by atoms with van der Waals surface area (Å²) >= 11 is 0. The minimum atomic E-state index is -0.494. The molecular weight excluding hydrogens is 272 g/mol. The molecule has 0 aliphatic heterocycles. The fourth-order valence-electron chi connectivity index (χ4n) is 2.89. The summed E-state index contributed by atoms with van der Waals surface area (Å²) in [7, 11) is 1.68. The number of carbonyl (C=O) groups excluding carboxylic acids is 1. The predicted molar refractivity (Wildman–Crippen MR) is 78.2 cm³/mol. The fraction of sp³-hybridized carbons (Fsp3) is 0.533. The number of nitro benzene ring substituents is 1. The molecule has 1 aromatic carbocycles. The highest BCUT2D eigenvalue weighted by atomic mass is 16.6. The lowest BCUT2D eigenvalue weighted by atomic mass is 9.91. The first-order valence-electron chi connectivity index (χ1n) is 7.12. The molecule has 1 aliphatic carbocycles. The molecule has 6 nitrogen and oxygen atoms in total. The zero-order valence-corrected chi connectivity index (χ0v) is 12.3. The maximum Gasteiger partial charge on any atom is 0.269 e. The summed E-state index contributed by atoms with van der Waals surface area (Å²) in [6.07, 6.45) is 2.98. The van der Waals surface area contributed by atoms with Crippen molar-refractivity contribution in [1.82, 2.24) is 4.90 Å². The number of amides is 1. The van der Waals surface area contributed by atoms with Gasteiger partial charge in [-0.3, -0.25) is 14.9 Å². The van der Waals surface area contributed by atoms with Gasteiger partial charge in [0.15, 0.2) is 0 Å². The van der Waals surface area contributed by atoms with Gasteiger partial charge in [0.25, 0.3) is 11.6 Å². The number of rotatable bonds is 3. The van der Waals surface area contributed by atoms with Gasteiger partial charge in [0, 0.05) is 24.7 Å². The molecule has 0 heterocycles. The average molecular weight is 292 g/mol. The van der Waals surface area contributed by atoms with Crippen molar-refractivity contribution >= 4 is 11.6 Å². The van der Waals surface area contributed by atoms with Gasteiger partial charge in [-0.05, 0) is 31.4 Å². The van der Waals surface area contributed by atoms with Crippen LogP contribution in [0, 0.1) is 17.0 Å². The largest absolute Gasteiger partial charge is 0.391 e. The van der Waals surface area contributed by atoms with E-state index in [1.807, 2.05) is 0 Å². The van der Waals surface area contributed by atoms with E-state index in [9.17, 15) is 20.0 Å². The van der Waals surface area contributed by atoms with Gasteiger partial charge in [-0.25, -0.2) is 0 Å². The molecule has 0 spiro atoms. The zero-order chi connectivity index (χ0) is 15.6. The Kier molecular flexibility index (Phi) is 4.57. The number of nitrogens with zero attached hydrogens (tertiary/aromatic N) is 2. The lowest BCUT2D eigenvalue weighted by Crippen LogP contribution is -2.46. The third-order valence-electron chi connectivity index (χ3n) is 4.16. The van der Waals surface area contributed by atoms with Crippen molar-refractivity contribution in [1.29, 1.82) is 0 Å². The molecule has 0 aromatic heterocycles. The van der Waals surface area contributed by atoms with Gasteiger partial charge in [-0.2, -0.15) is 0 Å². The van der Waals surface area contributed by atoms with Crippen molar-refractivity contribution in [2.75, 3.05) is 7.05 Å². The Morgan fingerprint density at radius 3 is 2.62 bits per heavy atom. The minimum Gasteiger partial charge on any atom is -0.391 e. The number of benzene rings is 1.